The molecule has 0 radical (unpaired) electrons. The molecular formula is C20H22Br2N2O3. The zero-order chi connectivity index (χ0) is 20.0. The quantitative estimate of drug-likeness (QED) is 0.449. The molecule has 144 valence electrons. The van der Waals surface area contributed by atoms with Crippen molar-refractivity contribution in [3.05, 3.63) is 56.5 Å². The number of carbonyl (C=O) groups excluding carboxylic acids is 1. The van der Waals surface area contributed by atoms with Gasteiger partial charge >= 0.3 is 0 Å². The predicted octanol–water partition coefficient (Wildman–Crippen LogP) is 5.05. The summed E-state index contributed by atoms with van der Waals surface area (Å²) >= 11 is 6.83. The Hall–Kier alpha value is -1.86. The molecule has 1 N–H and O–H groups in total. The standard InChI is InChI=1S/C20H22Br2N2O3/c1-20(2,3)14-5-7-16(8-6-14)27-12-18(25)24-23-11-13-9-15(21)10-17(22)19(13)26-4/h5-11H,12H2,1-4H3,(H,24,25). The van der Waals surface area contributed by atoms with Crippen LogP contribution >= 0.6 is 31.9 Å². The normalized spacial score (nSPS) is 11.5. The summed E-state index contributed by atoms with van der Waals surface area (Å²) in [5, 5.41) is 3.96. The minimum atomic E-state index is -0.348. The molecule has 0 saturated heterocycles. The van der Waals surface area contributed by atoms with Crippen LogP contribution in [0.25, 0.3) is 0 Å². The van der Waals surface area contributed by atoms with Crippen LogP contribution in [0.5, 0.6) is 11.5 Å². The van der Waals surface area contributed by atoms with Gasteiger partial charge in [0.05, 0.1) is 17.8 Å². The lowest BCUT2D eigenvalue weighted by Gasteiger charge is -2.19. The van der Waals surface area contributed by atoms with E-state index in [1.54, 1.807) is 7.11 Å². The van der Waals surface area contributed by atoms with E-state index in [0.717, 1.165) is 14.5 Å². The minimum Gasteiger partial charge on any atom is -0.495 e. The fraction of sp³-hybridized carbons (Fsp3) is 0.300. The van der Waals surface area contributed by atoms with Crippen LogP contribution < -0.4 is 14.9 Å². The number of hydrogen-bond donors (Lipinski definition) is 1. The Kier molecular flexibility index (Phi) is 7.44. The van der Waals surface area contributed by atoms with Crippen LogP contribution in [0.2, 0.25) is 0 Å². The van der Waals surface area contributed by atoms with Crippen LogP contribution in [-0.2, 0) is 10.2 Å². The van der Waals surface area contributed by atoms with E-state index in [1.807, 2.05) is 36.4 Å². The zero-order valence-corrected chi connectivity index (χ0v) is 18.8. The number of nitrogens with zero attached hydrogens (tertiary/aromatic N) is 1. The van der Waals surface area contributed by atoms with Gasteiger partial charge in [0.1, 0.15) is 11.5 Å². The third-order valence-electron chi connectivity index (χ3n) is 3.72. The first kappa shape index (κ1) is 21.4. The largest absolute Gasteiger partial charge is 0.495 e. The molecule has 2 rings (SSSR count). The first-order valence-corrected chi connectivity index (χ1v) is 9.87. The van der Waals surface area contributed by atoms with Crippen LogP contribution in [0.15, 0.2) is 50.4 Å². The fourth-order valence-electron chi connectivity index (χ4n) is 2.30. The predicted molar refractivity (Wildman–Crippen MR) is 115 cm³/mol. The third kappa shape index (κ3) is 6.36. The van der Waals surface area contributed by atoms with Gasteiger partial charge in [0.2, 0.25) is 0 Å². The third-order valence-corrected chi connectivity index (χ3v) is 4.77. The Morgan fingerprint density at radius 3 is 2.44 bits per heavy atom. The van der Waals surface area contributed by atoms with Crippen molar-refractivity contribution in [2.45, 2.75) is 26.2 Å². The molecule has 5 nitrogen and oxygen atoms in total. The van der Waals surface area contributed by atoms with E-state index in [0.29, 0.717) is 11.5 Å². The van der Waals surface area contributed by atoms with Gasteiger partial charge in [-0.15, -0.1) is 0 Å². The first-order valence-electron chi connectivity index (χ1n) is 8.29. The number of rotatable bonds is 6. The Bertz CT molecular complexity index is 828. The van der Waals surface area contributed by atoms with E-state index >= 15 is 0 Å². The summed E-state index contributed by atoms with van der Waals surface area (Å²) in [6, 6.07) is 11.4. The molecular weight excluding hydrogens is 476 g/mol. The summed E-state index contributed by atoms with van der Waals surface area (Å²) in [5.41, 5.74) is 4.45. The highest BCUT2D eigenvalue weighted by Crippen LogP contribution is 2.31. The summed E-state index contributed by atoms with van der Waals surface area (Å²) in [4.78, 5) is 11.9. The topological polar surface area (TPSA) is 59.9 Å². The maximum absolute atomic E-state index is 11.9. The van der Waals surface area contributed by atoms with Crippen molar-refractivity contribution < 1.29 is 14.3 Å². The molecule has 1 amide bonds. The van der Waals surface area contributed by atoms with E-state index in [4.69, 9.17) is 9.47 Å². The van der Waals surface area contributed by atoms with Gasteiger partial charge in [0.15, 0.2) is 6.61 Å². The summed E-state index contributed by atoms with van der Waals surface area (Å²) in [5.74, 6) is 0.922. The second-order valence-electron chi connectivity index (χ2n) is 6.87. The number of halogens is 2. The van der Waals surface area contributed by atoms with Crippen molar-refractivity contribution in [1.82, 2.24) is 5.43 Å². The Labute approximate surface area is 176 Å². The van der Waals surface area contributed by atoms with Gasteiger partial charge in [-0.3, -0.25) is 4.79 Å². The van der Waals surface area contributed by atoms with E-state index in [-0.39, 0.29) is 17.9 Å². The van der Waals surface area contributed by atoms with Crippen molar-refractivity contribution in [2.75, 3.05) is 13.7 Å². The molecule has 0 spiro atoms. The van der Waals surface area contributed by atoms with Crippen molar-refractivity contribution in [1.29, 1.82) is 0 Å². The van der Waals surface area contributed by atoms with Gasteiger partial charge in [0, 0.05) is 10.0 Å². The molecule has 0 aromatic heterocycles. The van der Waals surface area contributed by atoms with E-state index < -0.39 is 0 Å². The molecule has 0 aliphatic rings. The van der Waals surface area contributed by atoms with Gasteiger partial charge in [-0.05, 0) is 51.2 Å². The average molecular weight is 498 g/mol. The lowest BCUT2D eigenvalue weighted by molar-refractivity contribution is -0.123. The van der Waals surface area contributed by atoms with Crippen LogP contribution in [0.1, 0.15) is 31.9 Å². The number of ether oxygens (including phenoxy) is 2. The van der Waals surface area contributed by atoms with Crippen molar-refractivity contribution in [3.63, 3.8) is 0 Å². The number of nitrogens with one attached hydrogen (secondary N) is 1. The molecule has 0 aliphatic carbocycles. The molecule has 0 atom stereocenters. The van der Waals surface area contributed by atoms with Gasteiger partial charge < -0.3 is 9.47 Å². The fourth-order valence-corrected chi connectivity index (χ4v) is 3.72. The number of hydrogen-bond acceptors (Lipinski definition) is 4. The molecule has 0 fully saturated rings. The zero-order valence-electron chi connectivity index (χ0n) is 15.7. The highest BCUT2D eigenvalue weighted by Gasteiger charge is 2.13. The van der Waals surface area contributed by atoms with Gasteiger partial charge in [-0.2, -0.15) is 5.10 Å². The molecule has 7 heteroatoms. The molecule has 27 heavy (non-hydrogen) atoms. The molecule has 0 bridgehead atoms. The second kappa shape index (κ2) is 9.37. The summed E-state index contributed by atoms with van der Waals surface area (Å²) in [6.45, 7) is 6.32. The Morgan fingerprint density at radius 2 is 1.85 bits per heavy atom. The minimum absolute atomic E-state index is 0.0765. The molecule has 2 aromatic carbocycles. The number of benzene rings is 2. The number of amides is 1. The first-order chi connectivity index (χ1) is 12.7. The lowest BCUT2D eigenvalue weighted by atomic mass is 9.87. The smallest absolute Gasteiger partial charge is 0.277 e. The molecule has 0 unspecified atom stereocenters. The van der Waals surface area contributed by atoms with Crippen LogP contribution in [-0.4, -0.2) is 25.8 Å². The van der Waals surface area contributed by atoms with E-state index in [1.165, 1.54) is 11.8 Å². The van der Waals surface area contributed by atoms with Crippen LogP contribution in [0, 0.1) is 0 Å². The Morgan fingerprint density at radius 1 is 1.19 bits per heavy atom. The molecule has 0 saturated carbocycles. The highest BCUT2D eigenvalue weighted by atomic mass is 79.9. The van der Waals surface area contributed by atoms with Gasteiger partial charge in [0.25, 0.3) is 5.91 Å². The lowest BCUT2D eigenvalue weighted by Crippen LogP contribution is -2.24. The van der Waals surface area contributed by atoms with Crippen LogP contribution in [0.4, 0.5) is 0 Å². The number of carbonyl (C=O) groups is 1. The summed E-state index contributed by atoms with van der Waals surface area (Å²) in [6.07, 6.45) is 1.52. The maximum Gasteiger partial charge on any atom is 0.277 e. The van der Waals surface area contributed by atoms with Crippen molar-refractivity contribution in [2.24, 2.45) is 5.10 Å². The van der Waals surface area contributed by atoms with Gasteiger partial charge in [-0.25, -0.2) is 5.43 Å². The molecule has 0 heterocycles. The summed E-state index contributed by atoms with van der Waals surface area (Å²) < 4.78 is 12.5. The molecule has 2 aromatic rings. The molecule has 0 aliphatic heterocycles. The number of hydrazone groups is 1. The van der Waals surface area contributed by atoms with Crippen molar-refractivity contribution >= 4 is 44.0 Å². The second-order valence-corrected chi connectivity index (χ2v) is 8.64. The summed E-state index contributed by atoms with van der Waals surface area (Å²) in [7, 11) is 1.57. The van der Waals surface area contributed by atoms with Gasteiger partial charge in [-0.1, -0.05) is 48.8 Å². The van der Waals surface area contributed by atoms with Crippen LogP contribution in [0.3, 0.4) is 0 Å². The Balaban J connectivity index is 1.91. The van der Waals surface area contributed by atoms with E-state index in [2.05, 4.69) is 63.2 Å². The SMILES string of the molecule is COc1c(Br)cc(Br)cc1C=NNC(=O)COc1ccc(C(C)(C)C)cc1. The van der Waals surface area contributed by atoms with E-state index in [9.17, 15) is 4.79 Å². The van der Waals surface area contributed by atoms with Crippen molar-refractivity contribution in [3.8, 4) is 11.5 Å². The average Bonchev–Trinajstić information content (AvgIpc) is 2.59. The monoisotopic (exact) mass is 496 g/mol. The maximum atomic E-state index is 11.9. The highest BCUT2D eigenvalue weighted by molar-refractivity contribution is 9.11. The number of methoxy groups -OCH3 is 1.